The molecular weight excluding hydrogens is 254 g/mol. The number of aliphatic hydroxyl groups excluding tert-OH is 1. The second-order valence-corrected chi connectivity index (χ2v) is 4.49. The highest BCUT2D eigenvalue weighted by Gasteiger charge is 2.06. The van der Waals surface area contributed by atoms with E-state index in [-0.39, 0.29) is 6.61 Å². The third kappa shape index (κ3) is 4.10. The molecule has 0 unspecified atom stereocenters. The number of aliphatic hydroxyl groups is 1. The summed E-state index contributed by atoms with van der Waals surface area (Å²) in [4.78, 5) is 11.7. The standard InChI is InChI=1S/C16H17NO3/c1-12(18)14-8-5-9-15(10-14)17-16(19)20-11-13-6-3-2-4-7-13/h2-10,12,18H,11H2,1H3,(H,17,19)/t12-/m1/s1. The van der Waals surface area contributed by atoms with Gasteiger partial charge in [0.15, 0.2) is 0 Å². The minimum absolute atomic E-state index is 0.225. The largest absolute Gasteiger partial charge is 0.444 e. The second kappa shape index (κ2) is 6.73. The zero-order valence-electron chi connectivity index (χ0n) is 11.2. The Balaban J connectivity index is 1.90. The molecular formula is C16H17NO3. The van der Waals surface area contributed by atoms with Gasteiger partial charge in [0.25, 0.3) is 0 Å². The van der Waals surface area contributed by atoms with Crippen LogP contribution in [0.1, 0.15) is 24.2 Å². The molecule has 2 N–H and O–H groups in total. The fraction of sp³-hybridized carbons (Fsp3) is 0.188. The topological polar surface area (TPSA) is 58.6 Å². The van der Waals surface area contributed by atoms with Gasteiger partial charge in [0, 0.05) is 5.69 Å². The summed E-state index contributed by atoms with van der Waals surface area (Å²) >= 11 is 0. The Morgan fingerprint density at radius 1 is 1.20 bits per heavy atom. The third-order valence-corrected chi connectivity index (χ3v) is 2.83. The van der Waals surface area contributed by atoms with Gasteiger partial charge in [0.1, 0.15) is 6.61 Å². The molecule has 20 heavy (non-hydrogen) atoms. The number of hydrogen-bond acceptors (Lipinski definition) is 3. The second-order valence-electron chi connectivity index (χ2n) is 4.49. The zero-order chi connectivity index (χ0) is 14.4. The third-order valence-electron chi connectivity index (χ3n) is 2.83. The van der Waals surface area contributed by atoms with Crippen LogP contribution in [-0.4, -0.2) is 11.2 Å². The van der Waals surface area contributed by atoms with Crippen LogP contribution in [0.25, 0.3) is 0 Å². The van der Waals surface area contributed by atoms with Crippen LogP contribution in [0.5, 0.6) is 0 Å². The van der Waals surface area contributed by atoms with Crippen molar-refractivity contribution in [3.8, 4) is 0 Å². The van der Waals surface area contributed by atoms with E-state index in [9.17, 15) is 9.90 Å². The number of carbonyl (C=O) groups is 1. The van der Waals surface area contributed by atoms with Gasteiger partial charge in [-0.3, -0.25) is 5.32 Å². The maximum atomic E-state index is 11.7. The first-order valence-corrected chi connectivity index (χ1v) is 6.41. The van der Waals surface area contributed by atoms with Gasteiger partial charge in [-0.15, -0.1) is 0 Å². The van der Waals surface area contributed by atoms with Crippen LogP contribution in [0.4, 0.5) is 10.5 Å². The average Bonchev–Trinajstić information content (AvgIpc) is 2.46. The molecule has 0 saturated carbocycles. The van der Waals surface area contributed by atoms with E-state index in [4.69, 9.17) is 4.74 Å². The normalized spacial score (nSPS) is 11.7. The van der Waals surface area contributed by atoms with E-state index in [2.05, 4.69) is 5.32 Å². The molecule has 0 saturated heterocycles. The Bertz CT molecular complexity index is 567. The molecule has 0 aliphatic heterocycles. The Labute approximate surface area is 118 Å². The smallest absolute Gasteiger partial charge is 0.411 e. The highest BCUT2D eigenvalue weighted by atomic mass is 16.5. The molecule has 104 valence electrons. The molecule has 0 radical (unpaired) electrons. The number of anilines is 1. The van der Waals surface area contributed by atoms with E-state index >= 15 is 0 Å². The highest BCUT2D eigenvalue weighted by molar-refractivity contribution is 5.84. The Hall–Kier alpha value is -2.33. The molecule has 0 fully saturated rings. The molecule has 2 aromatic carbocycles. The summed E-state index contributed by atoms with van der Waals surface area (Å²) in [5, 5.41) is 12.1. The lowest BCUT2D eigenvalue weighted by atomic mass is 10.1. The molecule has 4 heteroatoms. The summed E-state index contributed by atoms with van der Waals surface area (Å²) < 4.78 is 5.12. The van der Waals surface area contributed by atoms with E-state index in [1.54, 1.807) is 31.2 Å². The van der Waals surface area contributed by atoms with Crippen molar-refractivity contribution in [2.75, 3.05) is 5.32 Å². The number of carbonyl (C=O) groups excluding carboxylic acids is 1. The number of ether oxygens (including phenoxy) is 1. The van der Waals surface area contributed by atoms with Gasteiger partial charge in [0.05, 0.1) is 6.10 Å². The van der Waals surface area contributed by atoms with E-state index in [1.165, 1.54) is 0 Å². The number of rotatable bonds is 4. The molecule has 0 heterocycles. The Morgan fingerprint density at radius 3 is 2.65 bits per heavy atom. The van der Waals surface area contributed by atoms with Gasteiger partial charge >= 0.3 is 6.09 Å². The van der Waals surface area contributed by atoms with Crippen molar-refractivity contribution in [2.24, 2.45) is 0 Å². The molecule has 0 aromatic heterocycles. The van der Waals surface area contributed by atoms with Crippen molar-refractivity contribution in [2.45, 2.75) is 19.6 Å². The average molecular weight is 271 g/mol. The zero-order valence-corrected chi connectivity index (χ0v) is 11.2. The van der Waals surface area contributed by atoms with E-state index in [1.807, 2.05) is 30.3 Å². The molecule has 1 atom stereocenters. The van der Waals surface area contributed by atoms with Gasteiger partial charge in [-0.1, -0.05) is 42.5 Å². The van der Waals surface area contributed by atoms with Crippen molar-refractivity contribution in [1.29, 1.82) is 0 Å². The molecule has 0 spiro atoms. The highest BCUT2D eigenvalue weighted by Crippen LogP contribution is 2.17. The van der Waals surface area contributed by atoms with Crippen LogP contribution in [0.2, 0.25) is 0 Å². The molecule has 0 aliphatic rings. The fourth-order valence-electron chi connectivity index (χ4n) is 1.75. The predicted octanol–water partition coefficient (Wildman–Crippen LogP) is 3.49. The SMILES string of the molecule is C[C@@H](O)c1cccc(NC(=O)OCc2ccccc2)c1. The van der Waals surface area contributed by atoms with Crippen molar-refractivity contribution in [3.05, 3.63) is 65.7 Å². The minimum Gasteiger partial charge on any atom is -0.444 e. The van der Waals surface area contributed by atoms with Crippen LogP contribution in [0.3, 0.4) is 0 Å². The first-order valence-electron chi connectivity index (χ1n) is 6.41. The van der Waals surface area contributed by atoms with Crippen molar-refractivity contribution >= 4 is 11.8 Å². The summed E-state index contributed by atoms with van der Waals surface area (Å²) in [6, 6.07) is 16.5. The van der Waals surface area contributed by atoms with Crippen molar-refractivity contribution in [3.63, 3.8) is 0 Å². The lowest BCUT2D eigenvalue weighted by Crippen LogP contribution is -2.13. The monoisotopic (exact) mass is 271 g/mol. The Morgan fingerprint density at radius 2 is 1.95 bits per heavy atom. The Kier molecular flexibility index (Phi) is 4.74. The first kappa shape index (κ1) is 14.1. The van der Waals surface area contributed by atoms with Gasteiger partial charge in [0.2, 0.25) is 0 Å². The van der Waals surface area contributed by atoms with Crippen LogP contribution >= 0.6 is 0 Å². The van der Waals surface area contributed by atoms with Gasteiger partial charge in [-0.2, -0.15) is 0 Å². The predicted molar refractivity (Wildman–Crippen MR) is 77.3 cm³/mol. The van der Waals surface area contributed by atoms with E-state index in [0.29, 0.717) is 5.69 Å². The van der Waals surface area contributed by atoms with E-state index in [0.717, 1.165) is 11.1 Å². The van der Waals surface area contributed by atoms with Gasteiger partial charge in [-0.25, -0.2) is 4.79 Å². The maximum Gasteiger partial charge on any atom is 0.411 e. The number of amides is 1. The van der Waals surface area contributed by atoms with Crippen molar-refractivity contribution in [1.82, 2.24) is 0 Å². The lowest BCUT2D eigenvalue weighted by Gasteiger charge is -2.09. The summed E-state index contributed by atoms with van der Waals surface area (Å²) in [5.41, 5.74) is 2.27. The summed E-state index contributed by atoms with van der Waals surface area (Å²) in [7, 11) is 0. The summed E-state index contributed by atoms with van der Waals surface area (Å²) in [5.74, 6) is 0. The van der Waals surface area contributed by atoms with E-state index < -0.39 is 12.2 Å². The van der Waals surface area contributed by atoms with Crippen LogP contribution in [-0.2, 0) is 11.3 Å². The van der Waals surface area contributed by atoms with Crippen LogP contribution in [0, 0.1) is 0 Å². The van der Waals surface area contributed by atoms with Crippen LogP contribution < -0.4 is 5.32 Å². The van der Waals surface area contributed by atoms with Gasteiger partial charge in [-0.05, 0) is 30.2 Å². The fourth-order valence-corrected chi connectivity index (χ4v) is 1.75. The number of nitrogens with one attached hydrogen (secondary N) is 1. The molecule has 1 amide bonds. The van der Waals surface area contributed by atoms with Gasteiger partial charge < -0.3 is 9.84 Å². The molecule has 4 nitrogen and oxygen atoms in total. The number of benzene rings is 2. The molecule has 2 rings (SSSR count). The maximum absolute atomic E-state index is 11.7. The van der Waals surface area contributed by atoms with Crippen LogP contribution in [0.15, 0.2) is 54.6 Å². The first-order chi connectivity index (χ1) is 9.65. The molecule has 0 bridgehead atoms. The summed E-state index contributed by atoms with van der Waals surface area (Å²) in [6.45, 7) is 1.90. The summed E-state index contributed by atoms with van der Waals surface area (Å²) in [6.07, 6.45) is -1.09. The molecule has 2 aromatic rings. The van der Waals surface area contributed by atoms with Crippen molar-refractivity contribution < 1.29 is 14.6 Å². The number of hydrogen-bond donors (Lipinski definition) is 2. The molecule has 0 aliphatic carbocycles. The quantitative estimate of drug-likeness (QED) is 0.895. The minimum atomic E-state index is -0.572. The lowest BCUT2D eigenvalue weighted by molar-refractivity contribution is 0.155.